The molecular weight excluding hydrogens is 180 g/mol. The molecule has 0 aromatic heterocycles. The Labute approximate surface area is 81.9 Å². The summed E-state index contributed by atoms with van der Waals surface area (Å²) in [6.45, 7) is 1.71. The van der Waals surface area contributed by atoms with Gasteiger partial charge in [-0.15, -0.1) is 0 Å². The van der Waals surface area contributed by atoms with E-state index >= 15 is 0 Å². The number of carbonyl (C=O) groups is 2. The highest BCUT2D eigenvalue weighted by Gasteiger charge is 2.11. The summed E-state index contributed by atoms with van der Waals surface area (Å²) < 4.78 is 0. The van der Waals surface area contributed by atoms with Crippen molar-refractivity contribution in [3.05, 3.63) is 35.4 Å². The third kappa shape index (κ3) is 2.10. The highest BCUT2D eigenvalue weighted by atomic mass is 16.1. The van der Waals surface area contributed by atoms with Crippen LogP contribution in [0.2, 0.25) is 0 Å². The molecule has 14 heavy (non-hydrogen) atoms. The van der Waals surface area contributed by atoms with Crippen molar-refractivity contribution >= 4 is 11.8 Å². The second kappa shape index (κ2) is 3.91. The highest BCUT2D eigenvalue weighted by Crippen LogP contribution is 2.14. The second-order valence-corrected chi connectivity index (χ2v) is 3.11. The minimum absolute atomic E-state index is 0.350. The van der Waals surface area contributed by atoms with Gasteiger partial charge in [-0.2, -0.15) is 0 Å². The summed E-state index contributed by atoms with van der Waals surface area (Å²) in [5, 5.41) is 0. The molecule has 0 radical (unpaired) electrons. The number of nitrogens with two attached hydrogens (primary N) is 2. The standard InChI is InChI=1S/C10H12N2O2/c1-6(9(11)13)7-2-4-8(5-3-7)10(12)14/h2-6H,1H3,(H2,11,13)(H2,12,14). The SMILES string of the molecule is CC(C(N)=O)c1ccc(C(N)=O)cc1. The smallest absolute Gasteiger partial charge is 0.248 e. The van der Waals surface area contributed by atoms with Crippen molar-refractivity contribution in [1.82, 2.24) is 0 Å². The fourth-order valence-electron chi connectivity index (χ4n) is 1.10. The molecule has 1 unspecified atom stereocenters. The second-order valence-electron chi connectivity index (χ2n) is 3.11. The summed E-state index contributed by atoms with van der Waals surface area (Å²) in [5.74, 6) is -1.22. The zero-order valence-electron chi connectivity index (χ0n) is 7.86. The van der Waals surface area contributed by atoms with Gasteiger partial charge in [0.25, 0.3) is 0 Å². The lowest BCUT2D eigenvalue weighted by atomic mass is 9.99. The first-order valence-electron chi connectivity index (χ1n) is 4.21. The van der Waals surface area contributed by atoms with Crippen LogP contribution in [0.1, 0.15) is 28.8 Å². The number of benzene rings is 1. The van der Waals surface area contributed by atoms with Gasteiger partial charge in [-0.05, 0) is 24.6 Å². The predicted octanol–water partition coefficient (Wildman–Crippen LogP) is 0.374. The average Bonchev–Trinajstić information content (AvgIpc) is 2.16. The van der Waals surface area contributed by atoms with E-state index < -0.39 is 11.8 Å². The molecule has 4 N–H and O–H groups in total. The molecule has 1 aromatic rings. The van der Waals surface area contributed by atoms with Gasteiger partial charge in [0.2, 0.25) is 11.8 Å². The van der Waals surface area contributed by atoms with Gasteiger partial charge in [0.15, 0.2) is 0 Å². The number of rotatable bonds is 3. The Balaban J connectivity index is 2.94. The zero-order valence-corrected chi connectivity index (χ0v) is 7.86. The number of carbonyl (C=O) groups excluding carboxylic acids is 2. The van der Waals surface area contributed by atoms with E-state index in [0.29, 0.717) is 5.56 Å². The largest absolute Gasteiger partial charge is 0.369 e. The quantitative estimate of drug-likeness (QED) is 0.725. The summed E-state index contributed by atoms with van der Waals surface area (Å²) in [5.41, 5.74) is 11.4. The number of hydrogen-bond acceptors (Lipinski definition) is 2. The van der Waals surface area contributed by atoms with Crippen LogP contribution in [-0.2, 0) is 4.79 Å². The van der Waals surface area contributed by atoms with Crippen LogP contribution in [0.5, 0.6) is 0 Å². The van der Waals surface area contributed by atoms with Crippen LogP contribution in [0.3, 0.4) is 0 Å². The minimum atomic E-state index is -0.483. The van der Waals surface area contributed by atoms with Crippen LogP contribution in [0.25, 0.3) is 0 Å². The van der Waals surface area contributed by atoms with E-state index in [9.17, 15) is 9.59 Å². The summed E-state index contributed by atoms with van der Waals surface area (Å²) in [6, 6.07) is 6.51. The molecular formula is C10H12N2O2. The number of hydrogen-bond donors (Lipinski definition) is 2. The van der Waals surface area contributed by atoms with Gasteiger partial charge in [-0.25, -0.2) is 0 Å². The van der Waals surface area contributed by atoms with E-state index in [1.165, 1.54) is 0 Å². The Morgan fingerprint density at radius 3 is 2.00 bits per heavy atom. The molecule has 0 aliphatic carbocycles. The van der Waals surface area contributed by atoms with Crippen LogP contribution in [-0.4, -0.2) is 11.8 Å². The maximum Gasteiger partial charge on any atom is 0.248 e. The summed E-state index contributed by atoms with van der Waals surface area (Å²) in [4.78, 5) is 21.6. The van der Waals surface area contributed by atoms with E-state index in [4.69, 9.17) is 11.5 Å². The molecule has 0 heterocycles. The minimum Gasteiger partial charge on any atom is -0.369 e. The lowest BCUT2D eigenvalue weighted by molar-refractivity contribution is -0.119. The van der Waals surface area contributed by atoms with Gasteiger partial charge >= 0.3 is 0 Å². The fraction of sp³-hybridized carbons (Fsp3) is 0.200. The molecule has 0 fully saturated rings. The first kappa shape index (κ1) is 10.2. The molecule has 0 saturated heterocycles. The number of amides is 2. The maximum atomic E-state index is 10.8. The summed E-state index contributed by atoms with van der Waals surface area (Å²) in [6.07, 6.45) is 0. The normalized spacial score (nSPS) is 12.1. The van der Waals surface area contributed by atoms with Crippen LogP contribution in [0, 0.1) is 0 Å². The van der Waals surface area contributed by atoms with E-state index in [-0.39, 0.29) is 5.92 Å². The molecule has 1 rings (SSSR count). The molecule has 0 saturated carbocycles. The highest BCUT2D eigenvalue weighted by molar-refractivity contribution is 5.93. The van der Waals surface area contributed by atoms with Crippen molar-refractivity contribution < 1.29 is 9.59 Å². The average molecular weight is 192 g/mol. The van der Waals surface area contributed by atoms with Gasteiger partial charge in [-0.1, -0.05) is 12.1 Å². The molecule has 4 nitrogen and oxygen atoms in total. The molecule has 1 atom stereocenters. The predicted molar refractivity (Wildman–Crippen MR) is 52.6 cm³/mol. The molecule has 2 amide bonds. The lowest BCUT2D eigenvalue weighted by Crippen LogP contribution is -2.19. The molecule has 0 aliphatic heterocycles. The Morgan fingerprint density at radius 1 is 1.14 bits per heavy atom. The van der Waals surface area contributed by atoms with Crippen LogP contribution < -0.4 is 11.5 Å². The van der Waals surface area contributed by atoms with E-state index in [1.807, 2.05) is 0 Å². The van der Waals surface area contributed by atoms with Crippen molar-refractivity contribution in [3.63, 3.8) is 0 Å². The van der Waals surface area contributed by atoms with E-state index in [0.717, 1.165) is 5.56 Å². The Kier molecular flexibility index (Phi) is 2.86. The monoisotopic (exact) mass is 192 g/mol. The topological polar surface area (TPSA) is 86.2 Å². The Hall–Kier alpha value is -1.84. The molecule has 1 aromatic carbocycles. The fourth-order valence-corrected chi connectivity index (χ4v) is 1.10. The summed E-state index contributed by atoms with van der Waals surface area (Å²) in [7, 11) is 0. The van der Waals surface area contributed by atoms with Gasteiger partial charge in [0.05, 0.1) is 5.92 Å². The molecule has 0 aliphatic rings. The van der Waals surface area contributed by atoms with E-state index in [2.05, 4.69) is 0 Å². The Morgan fingerprint density at radius 2 is 1.64 bits per heavy atom. The van der Waals surface area contributed by atoms with Crippen molar-refractivity contribution in [2.24, 2.45) is 11.5 Å². The van der Waals surface area contributed by atoms with Gasteiger partial charge in [-0.3, -0.25) is 9.59 Å². The van der Waals surface area contributed by atoms with Crippen molar-refractivity contribution in [3.8, 4) is 0 Å². The third-order valence-corrected chi connectivity index (χ3v) is 2.12. The first-order valence-corrected chi connectivity index (χ1v) is 4.21. The van der Waals surface area contributed by atoms with Crippen LogP contribution in [0.4, 0.5) is 0 Å². The van der Waals surface area contributed by atoms with Gasteiger partial charge < -0.3 is 11.5 Å². The number of primary amides is 2. The molecule has 4 heteroatoms. The van der Waals surface area contributed by atoms with Gasteiger partial charge in [0.1, 0.15) is 0 Å². The Bertz CT molecular complexity index is 357. The molecule has 0 bridgehead atoms. The zero-order chi connectivity index (χ0) is 10.7. The molecule has 0 spiro atoms. The summed E-state index contributed by atoms with van der Waals surface area (Å²) >= 11 is 0. The van der Waals surface area contributed by atoms with Crippen LogP contribution in [0.15, 0.2) is 24.3 Å². The lowest BCUT2D eigenvalue weighted by Gasteiger charge is -2.07. The molecule has 74 valence electrons. The van der Waals surface area contributed by atoms with Crippen molar-refractivity contribution in [2.45, 2.75) is 12.8 Å². The third-order valence-electron chi connectivity index (χ3n) is 2.12. The van der Waals surface area contributed by atoms with Gasteiger partial charge in [0, 0.05) is 5.56 Å². The van der Waals surface area contributed by atoms with Crippen molar-refractivity contribution in [1.29, 1.82) is 0 Å². The van der Waals surface area contributed by atoms with Crippen molar-refractivity contribution in [2.75, 3.05) is 0 Å². The first-order chi connectivity index (χ1) is 6.52. The van der Waals surface area contributed by atoms with Crippen LogP contribution >= 0.6 is 0 Å². The van der Waals surface area contributed by atoms with E-state index in [1.54, 1.807) is 31.2 Å². The maximum absolute atomic E-state index is 10.8.